The molecule has 0 unspecified atom stereocenters. The normalized spacial score (nSPS) is 14.2. The molecule has 1 aromatic carbocycles. The van der Waals surface area contributed by atoms with Crippen molar-refractivity contribution in [2.45, 2.75) is 39.2 Å². The molecule has 0 atom stereocenters. The van der Waals surface area contributed by atoms with Crippen LogP contribution in [0.2, 0.25) is 0 Å². The number of aliphatic hydroxyl groups is 1. The number of benzene rings is 1. The molecule has 1 N–H and O–H groups in total. The van der Waals surface area contributed by atoms with E-state index in [0.29, 0.717) is 0 Å². The van der Waals surface area contributed by atoms with Crippen LogP contribution in [0.4, 0.5) is 5.69 Å². The Bertz CT molecular complexity index is 379. The van der Waals surface area contributed by atoms with E-state index in [2.05, 4.69) is 17.9 Å². The van der Waals surface area contributed by atoms with Gasteiger partial charge in [0, 0.05) is 6.54 Å². The third-order valence-corrected chi connectivity index (χ3v) is 3.45. The predicted molar refractivity (Wildman–Crippen MR) is 74.2 cm³/mol. The lowest BCUT2D eigenvalue weighted by Crippen LogP contribution is -2.33. The van der Waals surface area contributed by atoms with Gasteiger partial charge in [-0.1, -0.05) is 32.3 Å². The van der Waals surface area contributed by atoms with E-state index in [9.17, 15) is 0 Å². The SMILES string of the molecule is CCCCCCN1CCOc2cc(CO)ccc21. The number of hydrogen-bond acceptors (Lipinski definition) is 3. The summed E-state index contributed by atoms with van der Waals surface area (Å²) in [6.45, 7) is 5.13. The van der Waals surface area contributed by atoms with Crippen molar-refractivity contribution in [3.05, 3.63) is 23.8 Å². The van der Waals surface area contributed by atoms with Gasteiger partial charge in [-0.2, -0.15) is 0 Å². The fraction of sp³-hybridized carbons (Fsp3) is 0.600. The predicted octanol–water partition coefficient (Wildman–Crippen LogP) is 2.96. The first-order chi connectivity index (χ1) is 8.85. The quantitative estimate of drug-likeness (QED) is 0.787. The highest BCUT2D eigenvalue weighted by Crippen LogP contribution is 2.32. The first-order valence-corrected chi connectivity index (χ1v) is 6.96. The maximum absolute atomic E-state index is 9.14. The van der Waals surface area contributed by atoms with E-state index < -0.39 is 0 Å². The van der Waals surface area contributed by atoms with Crippen LogP contribution in [0.1, 0.15) is 38.2 Å². The Balaban J connectivity index is 1.99. The van der Waals surface area contributed by atoms with E-state index in [-0.39, 0.29) is 6.61 Å². The Morgan fingerprint density at radius 1 is 1.28 bits per heavy atom. The summed E-state index contributed by atoms with van der Waals surface area (Å²) in [6, 6.07) is 6.00. The van der Waals surface area contributed by atoms with Gasteiger partial charge in [0.15, 0.2) is 0 Å². The lowest BCUT2D eigenvalue weighted by atomic mass is 10.1. The minimum absolute atomic E-state index is 0.0765. The van der Waals surface area contributed by atoms with E-state index in [4.69, 9.17) is 9.84 Å². The molecule has 18 heavy (non-hydrogen) atoms. The zero-order chi connectivity index (χ0) is 12.8. The molecular weight excluding hydrogens is 226 g/mol. The number of unbranched alkanes of at least 4 members (excludes halogenated alkanes) is 3. The van der Waals surface area contributed by atoms with Crippen LogP contribution >= 0.6 is 0 Å². The van der Waals surface area contributed by atoms with Gasteiger partial charge >= 0.3 is 0 Å². The van der Waals surface area contributed by atoms with Crippen molar-refractivity contribution in [1.29, 1.82) is 0 Å². The number of rotatable bonds is 6. The van der Waals surface area contributed by atoms with E-state index in [1.807, 2.05) is 12.1 Å². The van der Waals surface area contributed by atoms with Crippen molar-refractivity contribution in [2.24, 2.45) is 0 Å². The van der Waals surface area contributed by atoms with Gasteiger partial charge in [0.1, 0.15) is 12.4 Å². The molecule has 3 heteroatoms. The molecule has 3 nitrogen and oxygen atoms in total. The molecule has 0 aliphatic carbocycles. The molecule has 1 heterocycles. The van der Waals surface area contributed by atoms with Crippen LogP contribution in [0.15, 0.2) is 18.2 Å². The molecule has 1 aliphatic heterocycles. The molecule has 0 bridgehead atoms. The standard InChI is InChI=1S/C15H23NO2/c1-2-3-4-5-8-16-9-10-18-15-11-13(12-17)6-7-14(15)16/h6-7,11,17H,2-5,8-10,12H2,1H3. The summed E-state index contributed by atoms with van der Waals surface area (Å²) in [4.78, 5) is 2.40. The molecule has 0 radical (unpaired) electrons. The van der Waals surface area contributed by atoms with Crippen LogP contribution in [-0.4, -0.2) is 24.8 Å². The van der Waals surface area contributed by atoms with E-state index >= 15 is 0 Å². The van der Waals surface area contributed by atoms with E-state index in [1.54, 1.807) is 0 Å². The highest BCUT2D eigenvalue weighted by molar-refractivity contribution is 5.61. The van der Waals surface area contributed by atoms with Gasteiger partial charge in [-0.05, 0) is 24.1 Å². The molecule has 0 saturated carbocycles. The minimum Gasteiger partial charge on any atom is -0.490 e. The molecule has 2 rings (SSSR count). The van der Waals surface area contributed by atoms with Crippen LogP contribution in [0.25, 0.3) is 0 Å². The molecule has 0 fully saturated rings. The lowest BCUT2D eigenvalue weighted by molar-refractivity contribution is 0.278. The van der Waals surface area contributed by atoms with E-state index in [0.717, 1.165) is 31.0 Å². The number of hydrogen-bond donors (Lipinski definition) is 1. The summed E-state index contributed by atoms with van der Waals surface area (Å²) >= 11 is 0. The van der Waals surface area contributed by atoms with Crippen LogP contribution in [0, 0.1) is 0 Å². The highest BCUT2D eigenvalue weighted by atomic mass is 16.5. The summed E-state index contributed by atoms with van der Waals surface area (Å²) in [6.07, 6.45) is 5.15. The number of ether oxygens (including phenoxy) is 1. The molecule has 1 aromatic rings. The van der Waals surface area contributed by atoms with Gasteiger partial charge < -0.3 is 14.7 Å². The number of aliphatic hydroxyl groups excluding tert-OH is 1. The molecule has 0 saturated heterocycles. The first-order valence-electron chi connectivity index (χ1n) is 6.96. The van der Waals surface area contributed by atoms with Gasteiger partial charge in [0.05, 0.1) is 18.8 Å². The third kappa shape index (κ3) is 3.16. The van der Waals surface area contributed by atoms with Gasteiger partial charge in [0.25, 0.3) is 0 Å². The zero-order valence-corrected chi connectivity index (χ0v) is 11.2. The van der Waals surface area contributed by atoms with Gasteiger partial charge in [0.2, 0.25) is 0 Å². The first kappa shape index (κ1) is 13.2. The third-order valence-electron chi connectivity index (χ3n) is 3.45. The zero-order valence-electron chi connectivity index (χ0n) is 11.2. The van der Waals surface area contributed by atoms with E-state index in [1.165, 1.54) is 31.4 Å². The maximum Gasteiger partial charge on any atom is 0.143 e. The van der Waals surface area contributed by atoms with Crippen LogP contribution < -0.4 is 9.64 Å². The minimum atomic E-state index is 0.0765. The van der Waals surface area contributed by atoms with Gasteiger partial charge in [-0.25, -0.2) is 0 Å². The van der Waals surface area contributed by atoms with Crippen molar-refractivity contribution >= 4 is 5.69 Å². The van der Waals surface area contributed by atoms with Crippen molar-refractivity contribution in [3.63, 3.8) is 0 Å². The van der Waals surface area contributed by atoms with Crippen molar-refractivity contribution in [2.75, 3.05) is 24.6 Å². The van der Waals surface area contributed by atoms with Crippen molar-refractivity contribution < 1.29 is 9.84 Å². The molecule has 0 amide bonds. The summed E-state index contributed by atoms with van der Waals surface area (Å²) in [5.74, 6) is 0.920. The Hall–Kier alpha value is -1.22. The van der Waals surface area contributed by atoms with Crippen molar-refractivity contribution in [1.82, 2.24) is 0 Å². The molecule has 1 aliphatic rings. The summed E-state index contributed by atoms with van der Waals surface area (Å²) in [5.41, 5.74) is 2.09. The molecule has 0 spiro atoms. The lowest BCUT2D eigenvalue weighted by Gasteiger charge is -2.31. The van der Waals surface area contributed by atoms with Gasteiger partial charge in [-0.3, -0.25) is 0 Å². The Morgan fingerprint density at radius 2 is 2.17 bits per heavy atom. The van der Waals surface area contributed by atoms with Crippen molar-refractivity contribution in [3.8, 4) is 5.75 Å². The summed E-state index contributed by atoms with van der Waals surface area (Å²) in [7, 11) is 0. The fourth-order valence-corrected chi connectivity index (χ4v) is 2.38. The molecule has 100 valence electrons. The number of nitrogens with zero attached hydrogens (tertiary/aromatic N) is 1. The second-order valence-electron chi connectivity index (χ2n) is 4.86. The average molecular weight is 249 g/mol. The van der Waals surface area contributed by atoms with Gasteiger partial charge in [-0.15, -0.1) is 0 Å². The van der Waals surface area contributed by atoms with Crippen LogP contribution in [0.5, 0.6) is 5.75 Å². The number of anilines is 1. The summed E-state index contributed by atoms with van der Waals surface area (Å²) in [5, 5.41) is 9.14. The fourth-order valence-electron chi connectivity index (χ4n) is 2.38. The van der Waals surface area contributed by atoms with Crippen LogP contribution in [-0.2, 0) is 6.61 Å². The second-order valence-corrected chi connectivity index (χ2v) is 4.86. The van der Waals surface area contributed by atoms with Crippen LogP contribution in [0.3, 0.4) is 0 Å². The Morgan fingerprint density at radius 3 is 2.94 bits per heavy atom. The smallest absolute Gasteiger partial charge is 0.143 e. The Kier molecular flexibility index (Phi) is 4.88. The maximum atomic E-state index is 9.14. The monoisotopic (exact) mass is 249 g/mol. The largest absolute Gasteiger partial charge is 0.490 e. The highest BCUT2D eigenvalue weighted by Gasteiger charge is 2.17. The second kappa shape index (κ2) is 6.64. The average Bonchev–Trinajstić information content (AvgIpc) is 2.43. The number of fused-ring (bicyclic) bond motifs is 1. The topological polar surface area (TPSA) is 32.7 Å². The molecular formula is C15H23NO2. The Labute approximate surface area is 109 Å². The summed E-state index contributed by atoms with van der Waals surface area (Å²) < 4.78 is 5.67. The molecule has 0 aromatic heterocycles.